The monoisotopic (exact) mass is 404 g/mol. The molecule has 0 unspecified atom stereocenters. The smallest absolute Gasteiger partial charge is 0.266 e. The zero-order valence-corrected chi connectivity index (χ0v) is 17.0. The number of nitrogen functional groups attached to an aromatic ring is 1. The van der Waals surface area contributed by atoms with Crippen molar-refractivity contribution in [3.05, 3.63) is 77.2 Å². The number of anilines is 1. The standard InChI is InChI=1S/C23H24N4OS/c24-23-25-20(19-11-5-2-6-12-19)21(29-23)22(28)27-16-14-26(15-17-27)13-7-10-18-8-3-1-4-9-18/h1-12H,13-17H2,(H2,24,25)/b10-7+. The predicted octanol–water partition coefficient (Wildman–Crippen LogP) is 3.86. The van der Waals surface area contributed by atoms with E-state index in [-0.39, 0.29) is 5.91 Å². The second-order valence-corrected chi connectivity index (χ2v) is 8.03. The van der Waals surface area contributed by atoms with Crippen molar-refractivity contribution in [3.63, 3.8) is 0 Å². The predicted molar refractivity (Wildman–Crippen MR) is 120 cm³/mol. The maximum Gasteiger partial charge on any atom is 0.266 e. The Kier molecular flexibility index (Phi) is 6.03. The normalized spacial score (nSPS) is 15.1. The Morgan fingerprint density at radius 1 is 1.00 bits per heavy atom. The zero-order valence-electron chi connectivity index (χ0n) is 16.2. The molecule has 1 aromatic heterocycles. The number of carbonyl (C=O) groups excluding carboxylic acids is 1. The maximum absolute atomic E-state index is 13.1. The topological polar surface area (TPSA) is 62.5 Å². The number of rotatable bonds is 5. The number of hydrogen-bond acceptors (Lipinski definition) is 5. The summed E-state index contributed by atoms with van der Waals surface area (Å²) < 4.78 is 0. The van der Waals surface area contributed by atoms with Gasteiger partial charge in [0.05, 0.1) is 5.69 Å². The van der Waals surface area contributed by atoms with Crippen LogP contribution in [0.1, 0.15) is 15.2 Å². The van der Waals surface area contributed by atoms with E-state index in [9.17, 15) is 4.79 Å². The molecule has 148 valence electrons. The SMILES string of the molecule is Nc1nc(-c2ccccc2)c(C(=O)N2CCN(C/C=C/c3ccccc3)CC2)s1. The Balaban J connectivity index is 1.37. The van der Waals surface area contributed by atoms with Crippen LogP contribution >= 0.6 is 11.3 Å². The van der Waals surface area contributed by atoms with E-state index >= 15 is 0 Å². The van der Waals surface area contributed by atoms with Crippen molar-refractivity contribution in [1.29, 1.82) is 0 Å². The summed E-state index contributed by atoms with van der Waals surface area (Å²) in [7, 11) is 0. The first-order valence-electron chi connectivity index (χ1n) is 9.75. The third-order valence-corrected chi connectivity index (χ3v) is 5.89. The van der Waals surface area contributed by atoms with Gasteiger partial charge in [0.25, 0.3) is 5.91 Å². The molecule has 0 spiro atoms. The van der Waals surface area contributed by atoms with Gasteiger partial charge in [-0.05, 0) is 5.56 Å². The molecule has 6 heteroatoms. The van der Waals surface area contributed by atoms with Crippen LogP contribution in [0.15, 0.2) is 66.7 Å². The summed E-state index contributed by atoms with van der Waals surface area (Å²) in [6.45, 7) is 4.04. The summed E-state index contributed by atoms with van der Waals surface area (Å²) >= 11 is 1.27. The molecular weight excluding hydrogens is 380 g/mol. The van der Waals surface area contributed by atoms with Crippen molar-refractivity contribution in [3.8, 4) is 11.3 Å². The quantitative estimate of drug-likeness (QED) is 0.701. The molecule has 0 radical (unpaired) electrons. The summed E-state index contributed by atoms with van der Waals surface area (Å²) in [6.07, 6.45) is 4.33. The van der Waals surface area contributed by atoms with Crippen molar-refractivity contribution >= 4 is 28.5 Å². The Hall–Kier alpha value is -2.96. The van der Waals surface area contributed by atoms with Crippen LogP contribution in [0.5, 0.6) is 0 Å². The average Bonchev–Trinajstić information content (AvgIpc) is 3.17. The van der Waals surface area contributed by atoms with E-state index in [1.807, 2.05) is 53.4 Å². The van der Waals surface area contributed by atoms with Gasteiger partial charge in [-0.15, -0.1) is 0 Å². The van der Waals surface area contributed by atoms with Crippen LogP contribution in [0, 0.1) is 0 Å². The highest BCUT2D eigenvalue weighted by atomic mass is 32.1. The molecule has 3 aromatic rings. The van der Waals surface area contributed by atoms with Gasteiger partial charge < -0.3 is 10.6 Å². The number of nitrogens with two attached hydrogens (primary N) is 1. The summed E-state index contributed by atoms with van der Waals surface area (Å²) in [5.74, 6) is 0.0255. The minimum Gasteiger partial charge on any atom is -0.375 e. The number of carbonyl (C=O) groups is 1. The van der Waals surface area contributed by atoms with Crippen molar-refractivity contribution in [2.75, 3.05) is 38.5 Å². The third kappa shape index (κ3) is 4.72. The molecule has 0 saturated carbocycles. The van der Waals surface area contributed by atoms with Gasteiger partial charge in [0, 0.05) is 38.3 Å². The molecule has 2 aromatic carbocycles. The van der Waals surface area contributed by atoms with E-state index in [0.29, 0.717) is 28.8 Å². The molecule has 0 bridgehead atoms. The van der Waals surface area contributed by atoms with Gasteiger partial charge in [-0.25, -0.2) is 4.98 Å². The summed E-state index contributed by atoms with van der Waals surface area (Å²) in [6, 6.07) is 20.1. The number of thiazole rings is 1. The number of nitrogens with zero attached hydrogens (tertiary/aromatic N) is 3. The average molecular weight is 405 g/mol. The van der Waals surface area contributed by atoms with Crippen LogP contribution in [0.3, 0.4) is 0 Å². The fourth-order valence-electron chi connectivity index (χ4n) is 3.45. The van der Waals surface area contributed by atoms with Crippen molar-refractivity contribution in [2.45, 2.75) is 0 Å². The highest BCUT2D eigenvalue weighted by Crippen LogP contribution is 2.30. The zero-order chi connectivity index (χ0) is 20.1. The third-order valence-electron chi connectivity index (χ3n) is 5.02. The Morgan fingerprint density at radius 3 is 2.34 bits per heavy atom. The molecule has 1 amide bonds. The minimum absolute atomic E-state index is 0.0255. The molecule has 1 saturated heterocycles. The highest BCUT2D eigenvalue weighted by molar-refractivity contribution is 7.17. The van der Waals surface area contributed by atoms with E-state index in [0.717, 1.165) is 25.2 Å². The van der Waals surface area contributed by atoms with Gasteiger partial charge in [-0.2, -0.15) is 0 Å². The van der Waals surface area contributed by atoms with Gasteiger partial charge in [-0.3, -0.25) is 9.69 Å². The van der Waals surface area contributed by atoms with Crippen LogP contribution in [0.2, 0.25) is 0 Å². The van der Waals surface area contributed by atoms with E-state index in [1.54, 1.807) is 0 Å². The van der Waals surface area contributed by atoms with E-state index in [2.05, 4.69) is 34.2 Å². The van der Waals surface area contributed by atoms with Gasteiger partial charge >= 0.3 is 0 Å². The molecule has 0 atom stereocenters. The molecular formula is C23H24N4OS. The summed E-state index contributed by atoms with van der Waals surface area (Å²) in [4.78, 5) is 22.4. The van der Waals surface area contributed by atoms with Gasteiger partial charge in [-0.1, -0.05) is 84.2 Å². The number of amides is 1. The second-order valence-electron chi connectivity index (χ2n) is 7.00. The first-order chi connectivity index (χ1) is 14.2. The lowest BCUT2D eigenvalue weighted by Gasteiger charge is -2.34. The Morgan fingerprint density at radius 2 is 1.66 bits per heavy atom. The first kappa shape index (κ1) is 19.4. The largest absolute Gasteiger partial charge is 0.375 e. The maximum atomic E-state index is 13.1. The molecule has 1 aliphatic rings. The van der Waals surface area contributed by atoms with Crippen molar-refractivity contribution < 1.29 is 4.79 Å². The van der Waals surface area contributed by atoms with Crippen LogP contribution in [0.4, 0.5) is 5.13 Å². The highest BCUT2D eigenvalue weighted by Gasteiger charge is 2.26. The van der Waals surface area contributed by atoms with Gasteiger partial charge in [0.2, 0.25) is 0 Å². The number of benzene rings is 2. The molecule has 29 heavy (non-hydrogen) atoms. The number of piperazine rings is 1. The van der Waals surface area contributed by atoms with E-state index in [4.69, 9.17) is 5.73 Å². The van der Waals surface area contributed by atoms with E-state index in [1.165, 1.54) is 16.9 Å². The molecule has 2 heterocycles. The fraction of sp³-hybridized carbons (Fsp3) is 0.217. The van der Waals surface area contributed by atoms with Gasteiger partial charge in [0.15, 0.2) is 5.13 Å². The van der Waals surface area contributed by atoms with Crippen LogP contribution < -0.4 is 5.73 Å². The molecule has 0 aliphatic carbocycles. The Labute approximate surface area is 175 Å². The minimum atomic E-state index is 0.0255. The molecule has 1 fully saturated rings. The van der Waals surface area contributed by atoms with Crippen molar-refractivity contribution in [1.82, 2.24) is 14.8 Å². The Bertz CT molecular complexity index is 977. The van der Waals surface area contributed by atoms with Crippen LogP contribution in [-0.4, -0.2) is 53.4 Å². The van der Waals surface area contributed by atoms with Crippen LogP contribution in [0.25, 0.3) is 17.3 Å². The lowest BCUT2D eigenvalue weighted by Crippen LogP contribution is -2.48. The molecule has 4 rings (SSSR count). The molecule has 1 aliphatic heterocycles. The van der Waals surface area contributed by atoms with Gasteiger partial charge in [0.1, 0.15) is 4.88 Å². The molecule has 2 N–H and O–H groups in total. The second kappa shape index (κ2) is 9.03. The van der Waals surface area contributed by atoms with E-state index < -0.39 is 0 Å². The van der Waals surface area contributed by atoms with Crippen LogP contribution in [-0.2, 0) is 0 Å². The summed E-state index contributed by atoms with van der Waals surface area (Å²) in [5, 5.41) is 0.428. The number of aromatic nitrogens is 1. The number of hydrogen-bond donors (Lipinski definition) is 1. The lowest BCUT2D eigenvalue weighted by atomic mass is 10.1. The molecule has 5 nitrogen and oxygen atoms in total. The first-order valence-corrected chi connectivity index (χ1v) is 10.6. The van der Waals surface area contributed by atoms with Crippen molar-refractivity contribution in [2.24, 2.45) is 0 Å². The summed E-state index contributed by atoms with van der Waals surface area (Å²) in [5.41, 5.74) is 8.75. The fourth-order valence-corrected chi connectivity index (χ4v) is 4.28. The lowest BCUT2D eigenvalue weighted by molar-refractivity contribution is 0.0655.